The number of carbonyl (C=O) groups is 1. The van der Waals surface area contributed by atoms with E-state index in [0.29, 0.717) is 5.56 Å². The van der Waals surface area contributed by atoms with Gasteiger partial charge in [-0.1, -0.05) is 0 Å². The summed E-state index contributed by atoms with van der Waals surface area (Å²) in [5.41, 5.74) is 0.500. The first-order chi connectivity index (χ1) is 4.70. The Labute approximate surface area is 97.8 Å². The molecule has 1 aromatic carbocycles. The minimum Gasteiger partial charge on any atom is -0.276 e. The summed E-state index contributed by atoms with van der Waals surface area (Å²) in [7, 11) is 0. The molecule has 0 aromatic heterocycles. The monoisotopic (exact) mass is 195 g/mol. The van der Waals surface area contributed by atoms with Gasteiger partial charge in [0.1, 0.15) is 0 Å². The van der Waals surface area contributed by atoms with Crippen LogP contribution in [-0.2, 0) is 0 Å². The van der Waals surface area contributed by atoms with Gasteiger partial charge in [0.05, 0.1) is 0 Å². The number of benzene rings is 1. The minimum atomic E-state index is -0.437. The maximum absolute atomic E-state index is 10.5. The molecule has 0 aliphatic rings. The van der Waals surface area contributed by atoms with Crippen LogP contribution in [0.15, 0.2) is 29.2 Å². The molecule has 1 rings (SSSR count). The largest absolute Gasteiger partial charge is 1.00 e. The third-order valence-electron chi connectivity index (χ3n) is 1.09. The third kappa shape index (κ3) is 3.63. The quantitative estimate of drug-likeness (QED) is 0.358. The first kappa shape index (κ1) is 11.5. The van der Waals surface area contributed by atoms with Crippen LogP contribution in [0.5, 0.6) is 0 Å². The Balaban J connectivity index is 0.000001000. The van der Waals surface area contributed by atoms with E-state index in [1.54, 1.807) is 24.3 Å². The van der Waals surface area contributed by atoms with E-state index in [-0.39, 0.29) is 29.6 Å². The van der Waals surface area contributed by atoms with Crippen molar-refractivity contribution in [2.75, 3.05) is 0 Å². The smallest absolute Gasteiger partial charge is 0.276 e. The van der Waals surface area contributed by atoms with Crippen molar-refractivity contribution in [1.82, 2.24) is 0 Å². The van der Waals surface area contributed by atoms with Gasteiger partial charge in [-0.05, 0) is 35.9 Å². The molecular weight excluding hydrogens is 191 g/mol. The topological polar surface area (TPSA) is 17.1 Å². The number of hydrogen-bond donors (Lipinski definition) is 1. The summed E-state index contributed by atoms with van der Waals surface area (Å²) >= 11 is 9.24. The van der Waals surface area contributed by atoms with Crippen molar-refractivity contribution < 1.29 is 34.4 Å². The molecule has 0 saturated heterocycles. The zero-order chi connectivity index (χ0) is 7.56. The van der Waals surface area contributed by atoms with E-state index in [1.165, 1.54) is 0 Å². The number of hydrogen-bond acceptors (Lipinski definition) is 2. The predicted molar refractivity (Wildman–Crippen MR) is 43.9 cm³/mol. The molecule has 1 aromatic rings. The van der Waals surface area contributed by atoms with Gasteiger partial charge in [-0.25, -0.2) is 0 Å². The summed E-state index contributed by atoms with van der Waals surface area (Å²) in [5, 5.41) is -0.437. The molecule has 52 valence electrons. The Morgan fingerprint density at radius 2 is 1.73 bits per heavy atom. The molecule has 0 aliphatic carbocycles. The predicted octanol–water partition coefficient (Wildman–Crippen LogP) is -0.642. The maximum Gasteiger partial charge on any atom is 1.00 e. The fraction of sp³-hybridized carbons (Fsp3) is 0. The molecule has 4 heteroatoms. The average molecular weight is 196 g/mol. The second-order valence-corrected chi connectivity index (χ2v) is 2.68. The molecule has 0 atom stereocenters. The third-order valence-corrected chi connectivity index (χ3v) is 1.61. The van der Waals surface area contributed by atoms with Gasteiger partial charge in [-0.15, -0.1) is 12.6 Å². The van der Waals surface area contributed by atoms with Crippen molar-refractivity contribution >= 4 is 29.5 Å². The summed E-state index contributed by atoms with van der Waals surface area (Å²) in [4.78, 5) is 11.3. The van der Waals surface area contributed by atoms with Crippen LogP contribution in [0.1, 0.15) is 10.4 Å². The van der Waals surface area contributed by atoms with Crippen LogP contribution < -0.4 is 29.6 Å². The summed E-state index contributed by atoms with van der Waals surface area (Å²) in [6.45, 7) is 0. The number of halogens is 1. The molecule has 0 amide bonds. The SMILES string of the molecule is O=C(Cl)c1ccc(S)cc1.[Na+]. The van der Waals surface area contributed by atoms with Crippen molar-refractivity contribution in [3.63, 3.8) is 0 Å². The normalized spacial score (nSPS) is 8.55. The Kier molecular flexibility index (Phi) is 5.48. The summed E-state index contributed by atoms with van der Waals surface area (Å²) < 4.78 is 0. The Bertz CT molecular complexity index is 247. The first-order valence-corrected chi connectivity index (χ1v) is 3.51. The van der Waals surface area contributed by atoms with Gasteiger partial charge in [0.15, 0.2) is 0 Å². The van der Waals surface area contributed by atoms with E-state index in [0.717, 1.165) is 4.90 Å². The average Bonchev–Trinajstić information content (AvgIpc) is 1.88. The summed E-state index contributed by atoms with van der Waals surface area (Å²) in [6.07, 6.45) is 0. The van der Waals surface area contributed by atoms with E-state index >= 15 is 0 Å². The van der Waals surface area contributed by atoms with Crippen molar-refractivity contribution in [2.24, 2.45) is 0 Å². The molecule has 0 unspecified atom stereocenters. The zero-order valence-electron chi connectivity index (χ0n) is 6.04. The maximum atomic E-state index is 10.5. The second-order valence-electron chi connectivity index (χ2n) is 1.82. The van der Waals surface area contributed by atoms with Crippen LogP contribution in [0.3, 0.4) is 0 Å². The van der Waals surface area contributed by atoms with Crippen LogP contribution in [0.4, 0.5) is 0 Å². The fourth-order valence-corrected chi connectivity index (χ4v) is 0.868. The van der Waals surface area contributed by atoms with Crippen LogP contribution in [-0.4, -0.2) is 5.24 Å². The van der Waals surface area contributed by atoms with Crippen molar-refractivity contribution in [3.05, 3.63) is 29.8 Å². The molecule has 0 fully saturated rings. The number of carbonyl (C=O) groups excluding carboxylic acids is 1. The van der Waals surface area contributed by atoms with Crippen molar-refractivity contribution in [2.45, 2.75) is 4.90 Å². The van der Waals surface area contributed by atoms with E-state index in [1.807, 2.05) is 0 Å². The Hall–Kier alpha value is 0.530. The summed E-state index contributed by atoms with van der Waals surface area (Å²) in [6, 6.07) is 6.72. The van der Waals surface area contributed by atoms with Crippen molar-refractivity contribution in [1.29, 1.82) is 0 Å². The molecule has 1 nitrogen and oxygen atoms in total. The number of thiol groups is 1. The molecular formula is C7H5ClNaOS+. The van der Waals surface area contributed by atoms with Gasteiger partial charge >= 0.3 is 29.6 Å². The van der Waals surface area contributed by atoms with Gasteiger partial charge in [0, 0.05) is 10.5 Å². The van der Waals surface area contributed by atoms with Crippen LogP contribution in [0.25, 0.3) is 0 Å². The number of rotatable bonds is 1. The zero-order valence-corrected chi connectivity index (χ0v) is 9.69. The van der Waals surface area contributed by atoms with E-state index < -0.39 is 5.24 Å². The second kappa shape index (κ2) is 5.22. The summed E-state index contributed by atoms with van der Waals surface area (Å²) in [5.74, 6) is 0. The molecule has 0 spiro atoms. The fourth-order valence-electron chi connectivity index (χ4n) is 0.592. The van der Waals surface area contributed by atoms with E-state index in [4.69, 9.17) is 11.6 Å². The Morgan fingerprint density at radius 3 is 2.09 bits per heavy atom. The van der Waals surface area contributed by atoms with Crippen LogP contribution in [0, 0.1) is 0 Å². The molecule has 0 radical (unpaired) electrons. The standard InChI is InChI=1S/C7H5ClOS.Na/c8-7(9)5-1-3-6(10)4-2-5;/h1-4,10H;/q;+1. The van der Waals surface area contributed by atoms with Gasteiger partial charge in [-0.3, -0.25) is 4.79 Å². The van der Waals surface area contributed by atoms with Gasteiger partial charge in [-0.2, -0.15) is 0 Å². The van der Waals surface area contributed by atoms with Gasteiger partial charge in [0.25, 0.3) is 5.24 Å². The molecule has 0 bridgehead atoms. The molecule has 0 aliphatic heterocycles. The van der Waals surface area contributed by atoms with Gasteiger partial charge in [0.2, 0.25) is 0 Å². The van der Waals surface area contributed by atoms with Crippen LogP contribution >= 0.6 is 24.2 Å². The minimum absolute atomic E-state index is 0. The van der Waals surface area contributed by atoms with Gasteiger partial charge < -0.3 is 0 Å². The van der Waals surface area contributed by atoms with Crippen LogP contribution in [0.2, 0.25) is 0 Å². The molecule has 11 heavy (non-hydrogen) atoms. The molecule has 0 N–H and O–H groups in total. The molecule has 0 saturated carbocycles. The Morgan fingerprint density at radius 1 is 1.27 bits per heavy atom. The molecule has 0 heterocycles. The van der Waals surface area contributed by atoms with Crippen molar-refractivity contribution in [3.8, 4) is 0 Å². The van der Waals surface area contributed by atoms with E-state index in [2.05, 4.69) is 12.6 Å². The first-order valence-electron chi connectivity index (χ1n) is 2.69. The van der Waals surface area contributed by atoms with E-state index in [9.17, 15) is 4.79 Å².